The van der Waals surface area contributed by atoms with Crippen molar-refractivity contribution in [1.29, 1.82) is 0 Å². The molecule has 1 rings (SSSR count). The van der Waals surface area contributed by atoms with Gasteiger partial charge in [-0.1, -0.05) is 46.8 Å². The first-order valence-electron chi connectivity index (χ1n) is 12.5. The van der Waals surface area contributed by atoms with E-state index in [1.165, 1.54) is 12.2 Å². The summed E-state index contributed by atoms with van der Waals surface area (Å²) in [5.41, 5.74) is 0.658. The number of aryl methyl sites for hydroxylation is 1. The number of nitrogens with one attached hydrogen (secondary N) is 1. The standard InChI is InChI=1S/C22H38N4O3.C4H10O/c1-17(2)12-14-29-22(5,6)16-26-15-19(24-25-26)9-7-8-13-23-21(28)11-10-20(27)18(3)4;1-4(2)3-5/h10-11,15,17-18H,7-9,12-14,16H2,1-6H3,(H,23,28);4-5H,3H2,1-2H3/b11-10+;. The molecule has 34 heavy (non-hydrogen) atoms. The second-order valence-electron chi connectivity index (χ2n) is 10.4. The summed E-state index contributed by atoms with van der Waals surface area (Å²) in [7, 11) is 0. The summed E-state index contributed by atoms with van der Waals surface area (Å²) in [5.74, 6) is 0.702. The SMILES string of the molecule is CC(C)CCOC(C)(C)Cn1cc(CCCCNC(=O)/C=C/C(=O)C(C)C)nn1.CC(C)CO. The lowest BCUT2D eigenvalue weighted by molar-refractivity contribution is -0.119. The molecule has 0 fully saturated rings. The van der Waals surface area contributed by atoms with Crippen molar-refractivity contribution in [3.63, 3.8) is 0 Å². The van der Waals surface area contributed by atoms with Crippen LogP contribution in [0.2, 0.25) is 0 Å². The molecule has 0 radical (unpaired) electrons. The van der Waals surface area contributed by atoms with Gasteiger partial charge in [0.25, 0.3) is 0 Å². The smallest absolute Gasteiger partial charge is 0.244 e. The van der Waals surface area contributed by atoms with Crippen LogP contribution in [0.25, 0.3) is 0 Å². The molecule has 0 atom stereocenters. The Morgan fingerprint density at radius 1 is 1.12 bits per heavy atom. The number of unbranched alkanes of at least 4 members (excludes halogenated alkanes) is 1. The summed E-state index contributed by atoms with van der Waals surface area (Å²) in [6.45, 7) is 18.4. The number of aliphatic hydroxyl groups excluding tert-OH is 1. The van der Waals surface area contributed by atoms with Gasteiger partial charge in [-0.05, 0) is 57.4 Å². The highest BCUT2D eigenvalue weighted by atomic mass is 16.5. The molecule has 0 aromatic carbocycles. The molecule has 0 saturated heterocycles. The van der Waals surface area contributed by atoms with Crippen LogP contribution in [0, 0.1) is 17.8 Å². The molecule has 0 saturated carbocycles. The van der Waals surface area contributed by atoms with Gasteiger partial charge in [-0.2, -0.15) is 0 Å². The van der Waals surface area contributed by atoms with Crippen molar-refractivity contribution in [3.05, 3.63) is 24.0 Å². The zero-order chi connectivity index (χ0) is 26.1. The van der Waals surface area contributed by atoms with Gasteiger partial charge in [-0.15, -0.1) is 5.10 Å². The Labute approximate surface area is 206 Å². The lowest BCUT2D eigenvalue weighted by atomic mass is 10.1. The first-order valence-corrected chi connectivity index (χ1v) is 12.5. The fraction of sp³-hybridized carbons (Fsp3) is 0.769. The number of hydrogen-bond donors (Lipinski definition) is 2. The van der Waals surface area contributed by atoms with Gasteiger partial charge >= 0.3 is 0 Å². The van der Waals surface area contributed by atoms with E-state index in [9.17, 15) is 9.59 Å². The molecule has 8 heteroatoms. The van der Waals surface area contributed by atoms with Crippen LogP contribution < -0.4 is 5.32 Å². The molecule has 1 amide bonds. The third-order valence-corrected chi connectivity index (χ3v) is 4.81. The molecular formula is C26H48N4O4. The molecule has 0 spiro atoms. The number of aliphatic hydroxyl groups is 1. The van der Waals surface area contributed by atoms with Crippen LogP contribution in [0.4, 0.5) is 0 Å². The van der Waals surface area contributed by atoms with Crippen LogP contribution in [0.15, 0.2) is 18.3 Å². The van der Waals surface area contributed by atoms with Gasteiger partial charge in [0.05, 0.1) is 17.8 Å². The fourth-order valence-electron chi connectivity index (χ4n) is 2.59. The predicted molar refractivity (Wildman–Crippen MR) is 136 cm³/mol. The number of rotatable bonds is 15. The second kappa shape index (κ2) is 17.4. The van der Waals surface area contributed by atoms with Gasteiger partial charge in [-0.25, -0.2) is 4.68 Å². The fourth-order valence-corrected chi connectivity index (χ4v) is 2.59. The number of allylic oxidation sites excluding steroid dienone is 1. The zero-order valence-corrected chi connectivity index (χ0v) is 22.6. The summed E-state index contributed by atoms with van der Waals surface area (Å²) in [6, 6.07) is 0. The van der Waals surface area contributed by atoms with Gasteiger partial charge in [0.1, 0.15) is 0 Å². The lowest BCUT2D eigenvalue weighted by Gasteiger charge is -2.25. The van der Waals surface area contributed by atoms with Crippen LogP contribution in [-0.4, -0.2) is 57.2 Å². The predicted octanol–water partition coefficient (Wildman–Crippen LogP) is 3.97. The number of carbonyl (C=O) groups excluding carboxylic acids is 2. The van der Waals surface area contributed by atoms with Gasteiger partial charge in [0, 0.05) is 37.9 Å². The minimum absolute atomic E-state index is 0.0447. The van der Waals surface area contributed by atoms with Crippen molar-refractivity contribution >= 4 is 11.7 Å². The Kier molecular flexibility index (Phi) is 16.3. The van der Waals surface area contributed by atoms with Crippen LogP contribution in [0.1, 0.15) is 80.3 Å². The maximum atomic E-state index is 11.7. The van der Waals surface area contributed by atoms with Crippen LogP contribution >= 0.6 is 0 Å². The zero-order valence-electron chi connectivity index (χ0n) is 22.6. The second-order valence-corrected chi connectivity index (χ2v) is 10.4. The first kappa shape index (κ1) is 31.9. The Morgan fingerprint density at radius 3 is 2.32 bits per heavy atom. The number of carbonyl (C=O) groups is 2. The Balaban J connectivity index is 0.00000196. The normalized spacial score (nSPS) is 11.9. The van der Waals surface area contributed by atoms with Crippen molar-refractivity contribution in [2.75, 3.05) is 19.8 Å². The van der Waals surface area contributed by atoms with Crippen LogP contribution in [0.3, 0.4) is 0 Å². The minimum Gasteiger partial charge on any atom is -0.396 e. The van der Waals surface area contributed by atoms with Crippen LogP contribution in [0.5, 0.6) is 0 Å². The molecule has 1 aromatic rings. The highest BCUT2D eigenvalue weighted by Crippen LogP contribution is 2.14. The molecule has 0 unspecified atom stereocenters. The van der Waals surface area contributed by atoms with Crippen molar-refractivity contribution in [3.8, 4) is 0 Å². The van der Waals surface area contributed by atoms with Gasteiger partial charge in [-0.3, -0.25) is 9.59 Å². The maximum absolute atomic E-state index is 11.7. The van der Waals surface area contributed by atoms with Gasteiger partial charge < -0.3 is 15.2 Å². The lowest BCUT2D eigenvalue weighted by Crippen LogP contribution is -2.31. The largest absolute Gasteiger partial charge is 0.396 e. The Hall–Kier alpha value is -2.06. The van der Waals surface area contributed by atoms with E-state index in [1.54, 1.807) is 0 Å². The quantitative estimate of drug-likeness (QED) is 0.291. The molecule has 1 heterocycles. The van der Waals surface area contributed by atoms with Crippen molar-refractivity contribution in [2.24, 2.45) is 17.8 Å². The number of ketones is 1. The summed E-state index contributed by atoms with van der Waals surface area (Å²) < 4.78 is 7.82. The molecule has 1 aromatic heterocycles. The highest BCUT2D eigenvalue weighted by Gasteiger charge is 2.20. The average Bonchev–Trinajstić information content (AvgIpc) is 3.17. The topological polar surface area (TPSA) is 106 Å². The molecular weight excluding hydrogens is 432 g/mol. The minimum atomic E-state index is -0.283. The van der Waals surface area contributed by atoms with Crippen LogP contribution in [-0.2, 0) is 27.3 Å². The van der Waals surface area contributed by atoms with Crippen molar-refractivity contribution in [1.82, 2.24) is 20.3 Å². The summed E-state index contributed by atoms with van der Waals surface area (Å²) in [6.07, 6.45) is 8.21. The summed E-state index contributed by atoms with van der Waals surface area (Å²) >= 11 is 0. The monoisotopic (exact) mass is 480 g/mol. The van der Waals surface area contributed by atoms with Crippen molar-refractivity contribution < 1.29 is 19.4 Å². The van der Waals surface area contributed by atoms with E-state index in [2.05, 4.69) is 43.3 Å². The van der Waals surface area contributed by atoms with E-state index in [0.717, 1.165) is 38.0 Å². The third-order valence-electron chi connectivity index (χ3n) is 4.81. The number of aromatic nitrogens is 3. The van der Waals surface area contributed by atoms with E-state index >= 15 is 0 Å². The third kappa shape index (κ3) is 17.4. The number of hydrogen-bond acceptors (Lipinski definition) is 6. The molecule has 0 bridgehead atoms. The highest BCUT2D eigenvalue weighted by molar-refractivity contribution is 5.98. The Morgan fingerprint density at radius 2 is 1.76 bits per heavy atom. The van der Waals surface area contributed by atoms with Gasteiger partial charge in [0.15, 0.2) is 5.78 Å². The Bertz CT molecular complexity index is 724. The van der Waals surface area contributed by atoms with E-state index < -0.39 is 0 Å². The summed E-state index contributed by atoms with van der Waals surface area (Å²) in [5, 5.41) is 19.4. The number of amides is 1. The van der Waals surface area contributed by atoms with E-state index in [-0.39, 0.29) is 23.2 Å². The molecule has 0 aliphatic heterocycles. The number of nitrogens with zero attached hydrogens (tertiary/aromatic N) is 3. The molecule has 196 valence electrons. The maximum Gasteiger partial charge on any atom is 0.244 e. The van der Waals surface area contributed by atoms with E-state index in [4.69, 9.17) is 9.84 Å². The average molecular weight is 481 g/mol. The van der Waals surface area contributed by atoms with E-state index in [1.807, 2.05) is 38.6 Å². The van der Waals surface area contributed by atoms with Gasteiger partial charge in [0.2, 0.25) is 5.91 Å². The van der Waals surface area contributed by atoms with Crippen molar-refractivity contribution in [2.45, 2.75) is 93.2 Å². The molecule has 2 N–H and O–H groups in total. The summed E-state index contributed by atoms with van der Waals surface area (Å²) in [4.78, 5) is 23.1. The number of ether oxygens (including phenoxy) is 1. The first-order chi connectivity index (χ1) is 15.9. The molecule has 0 aliphatic rings. The molecule has 0 aliphatic carbocycles. The van der Waals surface area contributed by atoms with E-state index in [0.29, 0.717) is 31.5 Å². The molecule has 8 nitrogen and oxygen atoms in total.